The maximum Gasteiger partial charge on any atom is 0.161 e. The molecule has 0 fully saturated rings. The van der Waals surface area contributed by atoms with Gasteiger partial charge >= 0.3 is 0 Å². The minimum absolute atomic E-state index is 0.462. The molecule has 0 radical (unpaired) electrons. The molecule has 1 aliphatic rings. The molecule has 0 aromatic heterocycles. The summed E-state index contributed by atoms with van der Waals surface area (Å²) in [6, 6.07) is 4.90. The summed E-state index contributed by atoms with van der Waals surface area (Å²) in [6.07, 6.45) is 0. The van der Waals surface area contributed by atoms with E-state index in [2.05, 4.69) is 52.1 Å². The van der Waals surface area contributed by atoms with Gasteiger partial charge in [-0.3, -0.25) is 4.99 Å². The summed E-state index contributed by atoms with van der Waals surface area (Å²) in [5.41, 5.74) is 5.13. The Hall–Kier alpha value is -0.960. The molecule has 0 spiro atoms. The molecule has 1 heterocycles. The fourth-order valence-corrected chi connectivity index (χ4v) is 3.46. The third kappa shape index (κ3) is 2.89. The number of anilines is 1. The van der Waals surface area contributed by atoms with Crippen LogP contribution in [0.5, 0.6) is 0 Å². The quantitative estimate of drug-likeness (QED) is 0.866. The monoisotopic (exact) mass is 262 g/mol. The highest BCUT2D eigenvalue weighted by Crippen LogP contribution is 2.27. The Morgan fingerprint density at radius 2 is 1.83 bits per heavy atom. The summed E-state index contributed by atoms with van der Waals surface area (Å²) in [5, 5.41) is 4.58. The number of aryl methyl sites for hydroxylation is 3. The SMILES string of the molecule is Cc1cc(C)c(NC2=N[C@@H](C(C)C)CS2)c(C)c1. The largest absolute Gasteiger partial charge is 0.335 e. The zero-order chi connectivity index (χ0) is 13.3. The van der Waals surface area contributed by atoms with Crippen LogP contribution in [-0.4, -0.2) is 17.0 Å². The third-order valence-corrected chi connectivity index (χ3v) is 4.34. The first kappa shape index (κ1) is 13.5. The van der Waals surface area contributed by atoms with Crippen LogP contribution in [0.3, 0.4) is 0 Å². The van der Waals surface area contributed by atoms with Crippen LogP contribution in [0.25, 0.3) is 0 Å². The topological polar surface area (TPSA) is 24.4 Å². The molecule has 1 aliphatic heterocycles. The van der Waals surface area contributed by atoms with Gasteiger partial charge in [-0.1, -0.05) is 43.3 Å². The molecule has 2 rings (SSSR count). The zero-order valence-corrected chi connectivity index (χ0v) is 12.7. The van der Waals surface area contributed by atoms with E-state index in [-0.39, 0.29) is 0 Å². The van der Waals surface area contributed by atoms with Gasteiger partial charge in [-0.05, 0) is 37.8 Å². The van der Waals surface area contributed by atoms with Crippen molar-refractivity contribution in [3.8, 4) is 0 Å². The van der Waals surface area contributed by atoms with E-state index in [1.54, 1.807) is 0 Å². The van der Waals surface area contributed by atoms with Gasteiger partial charge in [0.1, 0.15) is 0 Å². The Balaban J connectivity index is 2.18. The van der Waals surface area contributed by atoms with Gasteiger partial charge in [0.2, 0.25) is 0 Å². The second-order valence-corrected chi connectivity index (χ2v) is 6.46. The predicted molar refractivity (Wildman–Crippen MR) is 82.8 cm³/mol. The van der Waals surface area contributed by atoms with Crippen LogP contribution in [0.1, 0.15) is 30.5 Å². The molecule has 18 heavy (non-hydrogen) atoms. The molecule has 1 aromatic carbocycles. The number of hydrogen-bond donors (Lipinski definition) is 1. The van der Waals surface area contributed by atoms with Crippen molar-refractivity contribution in [3.05, 3.63) is 28.8 Å². The fourth-order valence-electron chi connectivity index (χ4n) is 2.28. The first-order valence-electron chi connectivity index (χ1n) is 6.53. The standard InChI is InChI=1S/C15H22N2S/c1-9(2)13-8-18-15(16-13)17-14-11(4)6-10(3)7-12(14)5/h6-7,9,13H,8H2,1-5H3,(H,16,17)/t13-/m1/s1. The number of aliphatic imine (C=N–C) groups is 1. The summed E-state index contributed by atoms with van der Waals surface area (Å²) in [5.74, 6) is 1.72. The Morgan fingerprint density at radius 3 is 2.33 bits per heavy atom. The number of benzene rings is 1. The summed E-state index contributed by atoms with van der Waals surface area (Å²) < 4.78 is 0. The van der Waals surface area contributed by atoms with E-state index >= 15 is 0 Å². The molecule has 0 saturated carbocycles. The third-order valence-electron chi connectivity index (χ3n) is 3.35. The number of thioether (sulfide) groups is 1. The van der Waals surface area contributed by atoms with Crippen molar-refractivity contribution in [2.45, 2.75) is 40.7 Å². The molecular formula is C15H22N2S. The summed E-state index contributed by atoms with van der Waals surface area (Å²) in [4.78, 5) is 4.76. The predicted octanol–water partition coefficient (Wildman–Crippen LogP) is 4.15. The van der Waals surface area contributed by atoms with Crippen LogP contribution < -0.4 is 5.32 Å². The van der Waals surface area contributed by atoms with Crippen LogP contribution in [0.4, 0.5) is 5.69 Å². The second kappa shape index (κ2) is 5.35. The second-order valence-electron chi connectivity index (χ2n) is 5.46. The molecule has 0 aliphatic carbocycles. The number of nitrogens with one attached hydrogen (secondary N) is 1. The average molecular weight is 262 g/mol. The van der Waals surface area contributed by atoms with Gasteiger partial charge < -0.3 is 5.32 Å². The van der Waals surface area contributed by atoms with Crippen LogP contribution in [0.2, 0.25) is 0 Å². The molecule has 2 nitrogen and oxygen atoms in total. The lowest BCUT2D eigenvalue weighted by molar-refractivity contribution is 0.543. The molecule has 1 N–H and O–H groups in total. The molecule has 0 amide bonds. The first-order chi connectivity index (χ1) is 8.47. The molecule has 0 saturated heterocycles. The van der Waals surface area contributed by atoms with Crippen molar-refractivity contribution in [2.24, 2.45) is 10.9 Å². The fraction of sp³-hybridized carbons (Fsp3) is 0.533. The van der Waals surface area contributed by atoms with Gasteiger partial charge in [-0.25, -0.2) is 0 Å². The molecule has 98 valence electrons. The molecule has 3 heteroatoms. The number of nitrogens with zero attached hydrogens (tertiary/aromatic N) is 1. The Bertz CT molecular complexity index is 454. The Labute approximate surface area is 114 Å². The summed E-state index contributed by atoms with van der Waals surface area (Å²) in [7, 11) is 0. The minimum Gasteiger partial charge on any atom is -0.335 e. The van der Waals surface area contributed by atoms with E-state index in [1.807, 2.05) is 11.8 Å². The summed E-state index contributed by atoms with van der Waals surface area (Å²) in [6.45, 7) is 10.9. The van der Waals surface area contributed by atoms with Crippen LogP contribution >= 0.6 is 11.8 Å². The molecule has 0 unspecified atom stereocenters. The van der Waals surface area contributed by atoms with Crippen molar-refractivity contribution in [1.29, 1.82) is 0 Å². The molecule has 1 aromatic rings. The van der Waals surface area contributed by atoms with Gasteiger partial charge in [-0.2, -0.15) is 0 Å². The van der Waals surface area contributed by atoms with Crippen LogP contribution in [0, 0.1) is 26.7 Å². The lowest BCUT2D eigenvalue weighted by Gasteiger charge is -2.13. The maximum atomic E-state index is 4.76. The van der Waals surface area contributed by atoms with Crippen LogP contribution in [0.15, 0.2) is 17.1 Å². The zero-order valence-electron chi connectivity index (χ0n) is 11.9. The van der Waals surface area contributed by atoms with Gasteiger partial charge in [0.15, 0.2) is 5.17 Å². The highest BCUT2D eigenvalue weighted by atomic mass is 32.2. The van der Waals surface area contributed by atoms with Gasteiger partial charge in [0.25, 0.3) is 0 Å². The molecule has 1 atom stereocenters. The van der Waals surface area contributed by atoms with Gasteiger partial charge in [0, 0.05) is 11.4 Å². The van der Waals surface area contributed by atoms with Crippen molar-refractivity contribution in [1.82, 2.24) is 0 Å². The van der Waals surface area contributed by atoms with E-state index in [1.165, 1.54) is 22.4 Å². The number of amidine groups is 1. The van der Waals surface area contributed by atoms with E-state index in [4.69, 9.17) is 4.99 Å². The number of hydrogen-bond acceptors (Lipinski definition) is 3. The lowest BCUT2D eigenvalue weighted by Crippen LogP contribution is -2.12. The van der Waals surface area contributed by atoms with Crippen molar-refractivity contribution in [3.63, 3.8) is 0 Å². The summed E-state index contributed by atoms with van der Waals surface area (Å²) >= 11 is 1.83. The highest BCUT2D eigenvalue weighted by Gasteiger charge is 2.21. The molecule has 0 bridgehead atoms. The maximum absolute atomic E-state index is 4.76. The molecular weight excluding hydrogens is 240 g/mol. The van der Waals surface area contributed by atoms with E-state index in [0.29, 0.717) is 12.0 Å². The first-order valence-corrected chi connectivity index (χ1v) is 7.51. The van der Waals surface area contributed by atoms with Crippen molar-refractivity contribution >= 4 is 22.6 Å². The highest BCUT2D eigenvalue weighted by molar-refractivity contribution is 8.14. The Morgan fingerprint density at radius 1 is 1.22 bits per heavy atom. The Kier molecular flexibility index (Phi) is 4.00. The van der Waals surface area contributed by atoms with Gasteiger partial charge in [0.05, 0.1) is 6.04 Å². The van der Waals surface area contributed by atoms with Crippen molar-refractivity contribution in [2.75, 3.05) is 11.1 Å². The van der Waals surface area contributed by atoms with E-state index in [9.17, 15) is 0 Å². The average Bonchev–Trinajstić information content (AvgIpc) is 2.71. The van der Waals surface area contributed by atoms with Crippen molar-refractivity contribution < 1.29 is 0 Å². The van der Waals surface area contributed by atoms with E-state index in [0.717, 1.165) is 10.9 Å². The normalized spacial score (nSPS) is 19.2. The lowest BCUT2D eigenvalue weighted by atomic mass is 10.1. The van der Waals surface area contributed by atoms with Crippen LogP contribution in [-0.2, 0) is 0 Å². The minimum atomic E-state index is 0.462. The van der Waals surface area contributed by atoms with E-state index < -0.39 is 0 Å². The van der Waals surface area contributed by atoms with Gasteiger partial charge in [-0.15, -0.1) is 0 Å². The number of rotatable bonds is 2. The smallest absolute Gasteiger partial charge is 0.161 e.